The summed E-state index contributed by atoms with van der Waals surface area (Å²) < 4.78 is 28.3. The molecule has 1 N–H and O–H groups in total. The van der Waals surface area contributed by atoms with Crippen LogP contribution in [0, 0.1) is 18.3 Å². The normalized spacial score (nSPS) is 21.5. The summed E-state index contributed by atoms with van der Waals surface area (Å²) >= 11 is 0. The van der Waals surface area contributed by atoms with Gasteiger partial charge in [-0.3, -0.25) is 4.90 Å². The molecule has 3 heterocycles. The van der Waals surface area contributed by atoms with Crippen LogP contribution in [-0.2, 0) is 6.42 Å². The minimum absolute atomic E-state index is 0.0254. The summed E-state index contributed by atoms with van der Waals surface area (Å²) in [6.07, 6.45) is 1.45. The lowest BCUT2D eigenvalue weighted by molar-refractivity contribution is -0.0648. The van der Waals surface area contributed by atoms with Gasteiger partial charge < -0.3 is 10.0 Å². The zero-order valence-corrected chi connectivity index (χ0v) is 16.5. The van der Waals surface area contributed by atoms with Crippen molar-refractivity contribution in [3.05, 3.63) is 34.9 Å². The van der Waals surface area contributed by atoms with Crippen LogP contribution in [0.2, 0.25) is 0 Å². The number of benzene rings is 1. The number of hydrogen-bond donors (Lipinski definition) is 1. The number of nitrogens with zero attached hydrogens (tertiary/aromatic N) is 5. The number of piperidine rings is 1. The van der Waals surface area contributed by atoms with Crippen molar-refractivity contribution in [2.75, 3.05) is 31.6 Å². The number of fused-ring (bicyclic) bond motifs is 1. The number of likely N-dealkylation sites (N-methyl/N-ethyl adjacent to an activating group) is 1. The second-order valence-corrected chi connectivity index (χ2v) is 8.03. The van der Waals surface area contributed by atoms with E-state index in [0.717, 1.165) is 24.0 Å². The zero-order chi connectivity index (χ0) is 20.8. The molecule has 2 aliphatic rings. The Labute approximate surface area is 168 Å². The number of aromatic nitrogens is 2. The molecule has 1 atom stereocenters. The van der Waals surface area contributed by atoms with Crippen molar-refractivity contribution in [3.8, 4) is 23.1 Å². The molecule has 1 aromatic heterocycles. The smallest absolute Gasteiger partial charge is 0.262 e. The first-order chi connectivity index (χ1) is 13.8. The molecular formula is C21H23F2N5O. The fourth-order valence-electron chi connectivity index (χ4n) is 4.52. The number of anilines is 1. The molecule has 0 spiro atoms. The summed E-state index contributed by atoms with van der Waals surface area (Å²) in [6, 6.07) is 6.37. The quantitative estimate of drug-likeness (QED) is 0.836. The van der Waals surface area contributed by atoms with Gasteiger partial charge in [0.2, 0.25) is 0 Å². The number of likely N-dealkylation sites (tertiary alicyclic amines) is 1. The van der Waals surface area contributed by atoms with Crippen molar-refractivity contribution in [1.82, 2.24) is 15.1 Å². The monoisotopic (exact) mass is 399 g/mol. The van der Waals surface area contributed by atoms with Gasteiger partial charge in [0.1, 0.15) is 5.75 Å². The third kappa shape index (κ3) is 3.62. The molecule has 152 valence electrons. The molecule has 1 aromatic carbocycles. The van der Waals surface area contributed by atoms with Crippen LogP contribution >= 0.6 is 0 Å². The molecule has 8 heteroatoms. The Hall–Kier alpha value is -2.79. The predicted octanol–water partition coefficient (Wildman–Crippen LogP) is 3.12. The Balaban J connectivity index is 1.72. The SMILES string of the molecule is Cc1c(-c2ccc(C#N)cc2O)nnc2c1CCCN2C1CN(C)CC(F)(F)C1. The Kier molecular flexibility index (Phi) is 4.87. The topological polar surface area (TPSA) is 76.3 Å². The van der Waals surface area contributed by atoms with E-state index in [2.05, 4.69) is 10.2 Å². The van der Waals surface area contributed by atoms with Gasteiger partial charge in [0.25, 0.3) is 5.92 Å². The average molecular weight is 399 g/mol. The molecule has 29 heavy (non-hydrogen) atoms. The van der Waals surface area contributed by atoms with Crippen molar-refractivity contribution in [1.29, 1.82) is 5.26 Å². The molecule has 4 rings (SSSR count). The number of halogens is 2. The lowest BCUT2D eigenvalue weighted by atomic mass is 9.93. The second kappa shape index (κ2) is 7.23. The van der Waals surface area contributed by atoms with E-state index in [9.17, 15) is 13.9 Å². The molecule has 0 aliphatic carbocycles. The van der Waals surface area contributed by atoms with Crippen molar-refractivity contribution < 1.29 is 13.9 Å². The largest absolute Gasteiger partial charge is 0.507 e. The van der Waals surface area contributed by atoms with Gasteiger partial charge in [0, 0.05) is 36.7 Å². The van der Waals surface area contributed by atoms with Crippen molar-refractivity contribution in [3.63, 3.8) is 0 Å². The number of nitriles is 1. The Morgan fingerprint density at radius 1 is 1.31 bits per heavy atom. The fourth-order valence-corrected chi connectivity index (χ4v) is 4.52. The van der Waals surface area contributed by atoms with E-state index in [1.165, 1.54) is 6.07 Å². The van der Waals surface area contributed by atoms with Crippen LogP contribution in [-0.4, -0.2) is 58.9 Å². The fraction of sp³-hybridized carbons (Fsp3) is 0.476. The molecule has 1 fully saturated rings. The first-order valence-electron chi connectivity index (χ1n) is 9.72. The molecule has 1 unspecified atom stereocenters. The third-order valence-corrected chi connectivity index (χ3v) is 5.80. The number of hydrogen-bond acceptors (Lipinski definition) is 6. The van der Waals surface area contributed by atoms with Gasteiger partial charge >= 0.3 is 0 Å². The second-order valence-electron chi connectivity index (χ2n) is 8.03. The molecule has 2 aliphatic heterocycles. The van der Waals surface area contributed by atoms with Gasteiger partial charge in [-0.05, 0) is 50.6 Å². The Morgan fingerprint density at radius 3 is 2.79 bits per heavy atom. The number of phenols is 1. The van der Waals surface area contributed by atoms with Crippen LogP contribution in [0.4, 0.5) is 14.6 Å². The van der Waals surface area contributed by atoms with E-state index in [4.69, 9.17) is 5.26 Å². The molecule has 0 radical (unpaired) electrons. The minimum atomic E-state index is -2.72. The standard InChI is InChI=1S/C21H23F2N5O/c1-13-16-4-3-7-28(15-9-21(22,23)12-27(2)11-15)20(16)26-25-19(13)17-6-5-14(10-24)8-18(17)29/h5-6,8,15,29H,3-4,7,9,11-12H2,1-2H3. The van der Waals surface area contributed by atoms with Crippen LogP contribution in [0.5, 0.6) is 5.75 Å². The molecule has 0 amide bonds. The van der Waals surface area contributed by atoms with Crippen LogP contribution in [0.25, 0.3) is 11.3 Å². The Morgan fingerprint density at radius 2 is 2.10 bits per heavy atom. The average Bonchev–Trinajstić information content (AvgIpc) is 2.67. The highest BCUT2D eigenvalue weighted by Gasteiger charge is 2.42. The van der Waals surface area contributed by atoms with Crippen molar-refractivity contribution in [2.45, 2.75) is 38.2 Å². The lowest BCUT2D eigenvalue weighted by Gasteiger charge is -2.43. The zero-order valence-electron chi connectivity index (χ0n) is 16.5. The predicted molar refractivity (Wildman–Crippen MR) is 105 cm³/mol. The van der Waals surface area contributed by atoms with E-state index >= 15 is 0 Å². The number of alkyl halides is 2. The van der Waals surface area contributed by atoms with E-state index < -0.39 is 5.92 Å². The van der Waals surface area contributed by atoms with E-state index in [1.54, 1.807) is 24.1 Å². The number of rotatable bonds is 2. The summed E-state index contributed by atoms with van der Waals surface area (Å²) in [5.74, 6) is -2.07. The highest BCUT2D eigenvalue weighted by molar-refractivity contribution is 5.73. The van der Waals surface area contributed by atoms with Crippen LogP contribution in [0.15, 0.2) is 18.2 Å². The molecule has 0 bridgehead atoms. The van der Waals surface area contributed by atoms with Crippen LogP contribution in [0.3, 0.4) is 0 Å². The molecule has 6 nitrogen and oxygen atoms in total. The summed E-state index contributed by atoms with van der Waals surface area (Å²) in [4.78, 5) is 3.65. The Bertz CT molecular complexity index is 988. The van der Waals surface area contributed by atoms with Gasteiger partial charge in [-0.15, -0.1) is 10.2 Å². The van der Waals surface area contributed by atoms with Gasteiger partial charge in [-0.25, -0.2) is 8.78 Å². The maximum atomic E-state index is 14.2. The maximum Gasteiger partial charge on any atom is 0.262 e. The van der Waals surface area contributed by atoms with E-state index in [0.29, 0.717) is 35.7 Å². The van der Waals surface area contributed by atoms with Crippen LogP contribution in [0.1, 0.15) is 29.5 Å². The van der Waals surface area contributed by atoms with Crippen molar-refractivity contribution >= 4 is 5.82 Å². The summed E-state index contributed by atoms with van der Waals surface area (Å²) in [7, 11) is 1.72. The van der Waals surface area contributed by atoms with E-state index in [1.807, 2.05) is 17.9 Å². The minimum Gasteiger partial charge on any atom is -0.507 e. The number of aromatic hydroxyl groups is 1. The summed E-state index contributed by atoms with van der Waals surface area (Å²) in [5, 5.41) is 28.1. The maximum absolute atomic E-state index is 14.2. The van der Waals surface area contributed by atoms with Gasteiger partial charge in [0.15, 0.2) is 5.82 Å². The first kappa shape index (κ1) is 19.5. The van der Waals surface area contributed by atoms with Crippen molar-refractivity contribution in [2.24, 2.45) is 0 Å². The first-order valence-corrected chi connectivity index (χ1v) is 9.72. The molecule has 1 saturated heterocycles. The van der Waals surface area contributed by atoms with E-state index in [-0.39, 0.29) is 24.8 Å². The van der Waals surface area contributed by atoms with Gasteiger partial charge in [-0.2, -0.15) is 5.26 Å². The highest BCUT2D eigenvalue weighted by Crippen LogP contribution is 2.38. The van der Waals surface area contributed by atoms with Gasteiger partial charge in [-0.1, -0.05) is 0 Å². The van der Waals surface area contributed by atoms with Gasteiger partial charge in [0.05, 0.1) is 23.9 Å². The highest BCUT2D eigenvalue weighted by atomic mass is 19.3. The van der Waals surface area contributed by atoms with Crippen LogP contribution < -0.4 is 4.90 Å². The molecule has 2 aromatic rings. The molecule has 0 saturated carbocycles. The molecular weight excluding hydrogens is 376 g/mol. The summed E-state index contributed by atoms with van der Waals surface area (Å²) in [6.45, 7) is 2.95. The third-order valence-electron chi connectivity index (χ3n) is 5.80. The number of phenolic OH excluding ortho intramolecular Hbond substituents is 1. The summed E-state index contributed by atoms with van der Waals surface area (Å²) in [5.41, 5.74) is 3.30. The lowest BCUT2D eigenvalue weighted by Crippen LogP contribution is -2.55.